The highest BCUT2D eigenvalue weighted by molar-refractivity contribution is 6.04. The van der Waals surface area contributed by atoms with E-state index in [1.54, 1.807) is 43.9 Å². The molecule has 1 aliphatic carbocycles. The molecule has 2 N–H and O–H groups in total. The molecule has 1 saturated heterocycles. The predicted octanol–water partition coefficient (Wildman–Crippen LogP) is 8.87. The molecule has 326 valence electrons. The molecule has 3 heterocycles. The van der Waals surface area contributed by atoms with Crippen molar-refractivity contribution < 1.29 is 19.4 Å². The number of benzene rings is 3. The zero-order chi connectivity index (χ0) is 41.4. The van der Waals surface area contributed by atoms with Gasteiger partial charge in [0.15, 0.2) is 0 Å². The van der Waals surface area contributed by atoms with Gasteiger partial charge in [0.25, 0.3) is 5.91 Å². The van der Waals surface area contributed by atoms with E-state index in [0.717, 1.165) is 117 Å². The Kier molecular flexibility index (Phi) is 19.8. The molecule has 61 heavy (non-hydrogen) atoms. The summed E-state index contributed by atoms with van der Waals surface area (Å²) < 4.78 is 5.53. The Bertz CT molecular complexity index is 2060. The smallest absolute Gasteiger partial charge is 0.255 e. The van der Waals surface area contributed by atoms with Crippen molar-refractivity contribution in [3.05, 3.63) is 127 Å². The molecule has 5 aromatic rings. The van der Waals surface area contributed by atoms with E-state index in [2.05, 4.69) is 42.1 Å². The molecule has 7 rings (SSSR count). The molecule has 2 aromatic heterocycles. The molecule has 3 aromatic carbocycles. The van der Waals surface area contributed by atoms with Crippen LogP contribution in [0.25, 0.3) is 11.1 Å². The predicted molar refractivity (Wildman–Crippen MR) is 252 cm³/mol. The molecule has 11 nitrogen and oxygen atoms in total. The van der Waals surface area contributed by atoms with Crippen molar-refractivity contribution in [2.45, 2.75) is 44.9 Å². The van der Waals surface area contributed by atoms with Gasteiger partial charge in [-0.15, -0.1) is 24.8 Å². The Hall–Kier alpha value is -5.20. The number of aryl methyl sites for hydroxylation is 1. The van der Waals surface area contributed by atoms with Crippen LogP contribution in [0, 0.1) is 5.92 Å². The van der Waals surface area contributed by atoms with Gasteiger partial charge in [0.05, 0.1) is 12.8 Å². The largest absolute Gasteiger partial charge is 0.508 e. The van der Waals surface area contributed by atoms with E-state index in [-0.39, 0.29) is 48.3 Å². The van der Waals surface area contributed by atoms with Crippen LogP contribution in [0.1, 0.15) is 54.4 Å². The van der Waals surface area contributed by atoms with Crippen molar-refractivity contribution in [2.75, 3.05) is 82.1 Å². The summed E-state index contributed by atoms with van der Waals surface area (Å²) in [5.74, 6) is 2.16. The van der Waals surface area contributed by atoms with Crippen molar-refractivity contribution in [3.63, 3.8) is 0 Å². The van der Waals surface area contributed by atoms with Crippen LogP contribution in [0.3, 0.4) is 0 Å². The van der Waals surface area contributed by atoms with E-state index < -0.39 is 0 Å². The first kappa shape index (κ1) is 48.5. The van der Waals surface area contributed by atoms with Crippen molar-refractivity contribution in [3.8, 4) is 22.6 Å². The number of ether oxygens (including phenoxy) is 1. The maximum absolute atomic E-state index is 13.3. The van der Waals surface area contributed by atoms with E-state index in [4.69, 9.17) is 4.74 Å². The number of pyridine rings is 2. The fourth-order valence-electron chi connectivity index (χ4n) is 7.77. The van der Waals surface area contributed by atoms with Gasteiger partial charge in [0.1, 0.15) is 17.3 Å². The number of amides is 2. The summed E-state index contributed by atoms with van der Waals surface area (Å²) in [5.41, 5.74) is 5.36. The molecule has 2 amide bonds. The van der Waals surface area contributed by atoms with Gasteiger partial charge in [-0.3, -0.25) is 24.4 Å². The molecule has 2 aliphatic rings. The van der Waals surface area contributed by atoms with E-state index in [1.807, 2.05) is 85.7 Å². The first-order chi connectivity index (χ1) is 28.8. The minimum absolute atomic E-state index is 0. The van der Waals surface area contributed by atoms with Gasteiger partial charge in [-0.05, 0) is 130 Å². The number of rotatable bonds is 14. The number of para-hydroxylation sites is 2. The van der Waals surface area contributed by atoms with Crippen LogP contribution >= 0.6 is 24.8 Å². The molecule has 13 heteroatoms. The quantitative estimate of drug-likeness (QED) is 0.113. The highest BCUT2D eigenvalue weighted by atomic mass is 35.5. The van der Waals surface area contributed by atoms with Crippen LogP contribution in [0.4, 0.5) is 17.2 Å². The molecule has 2 fully saturated rings. The van der Waals surface area contributed by atoms with Crippen LogP contribution in [0.15, 0.2) is 116 Å². The van der Waals surface area contributed by atoms with E-state index in [9.17, 15) is 14.7 Å². The molecule has 0 bridgehead atoms. The van der Waals surface area contributed by atoms with Gasteiger partial charge in [-0.25, -0.2) is 4.98 Å². The minimum Gasteiger partial charge on any atom is -0.508 e. The van der Waals surface area contributed by atoms with Crippen LogP contribution in [-0.4, -0.2) is 104 Å². The number of carbonyl (C=O) groups is 2. The lowest BCUT2D eigenvalue weighted by atomic mass is 9.88. The Labute approximate surface area is 374 Å². The molecule has 0 radical (unpaired) electrons. The number of phenolic OH excluding ortho intramolecular Hbond substituents is 1. The third-order valence-electron chi connectivity index (χ3n) is 11.1. The van der Waals surface area contributed by atoms with Crippen molar-refractivity contribution in [1.82, 2.24) is 19.8 Å². The number of phenols is 1. The Morgan fingerprint density at radius 3 is 2.16 bits per heavy atom. The number of anilines is 3. The number of hydrogen-bond donors (Lipinski definition) is 2. The summed E-state index contributed by atoms with van der Waals surface area (Å²) in [6, 6.07) is 30.6. The standard InChI is InChI=1S/C25H34N4O2.C23H25N3O2.2ClH/c1-31-23-12-6-5-11-22(23)28-18-15-27(16-19-28)17-20-29(24-13-7-8-14-26-24)25(30)21-9-3-2-4-10-21;1-26(2)15-3-4-19-16-20(7-10-22(19)27)23(28)25-21-8-5-17(6-9-21)18-11-13-24-14-12-18;;/h5-8,11-14,21H,2-4,9-10,15-20H2,1H3;5-14,16,27H,3-4,15H2,1-2H3,(H,25,28);2*1H. The second-order valence-corrected chi connectivity index (χ2v) is 15.5. The number of piperazine rings is 1. The second-order valence-electron chi connectivity index (χ2n) is 15.5. The van der Waals surface area contributed by atoms with Gasteiger partial charge in [-0.1, -0.05) is 49.6 Å². The number of methoxy groups -OCH3 is 1. The molecule has 1 saturated carbocycles. The summed E-state index contributed by atoms with van der Waals surface area (Å²) in [6.07, 6.45) is 12.5. The first-order valence-electron chi connectivity index (χ1n) is 20.9. The highest BCUT2D eigenvalue weighted by Crippen LogP contribution is 2.30. The van der Waals surface area contributed by atoms with Crippen LogP contribution in [-0.2, 0) is 11.2 Å². The first-order valence-corrected chi connectivity index (χ1v) is 20.9. The van der Waals surface area contributed by atoms with Gasteiger partial charge < -0.3 is 25.0 Å². The molecule has 0 unspecified atom stereocenters. The van der Waals surface area contributed by atoms with Crippen molar-refractivity contribution in [2.24, 2.45) is 5.92 Å². The Balaban J connectivity index is 0.000000261. The molecule has 0 atom stereocenters. The number of nitrogens with one attached hydrogen (secondary N) is 1. The van der Waals surface area contributed by atoms with E-state index in [0.29, 0.717) is 12.1 Å². The lowest BCUT2D eigenvalue weighted by molar-refractivity contribution is -0.123. The monoisotopic (exact) mass is 869 g/mol. The SMILES string of the molecule is CN(C)CCCc1cc(C(=O)Nc2ccc(-c3ccncc3)cc2)ccc1O.COc1ccccc1N1CCN(CCN(C(=O)C2CCCCC2)c2ccccn2)CC1.Cl.Cl. The van der Waals surface area contributed by atoms with E-state index in [1.165, 1.54) is 6.42 Å². The lowest BCUT2D eigenvalue weighted by Crippen LogP contribution is -2.50. The number of halogens is 2. The summed E-state index contributed by atoms with van der Waals surface area (Å²) >= 11 is 0. The fourth-order valence-corrected chi connectivity index (χ4v) is 7.77. The fraction of sp³-hybridized carbons (Fsp3) is 0.375. The summed E-state index contributed by atoms with van der Waals surface area (Å²) in [6.45, 7) is 6.37. The molecular formula is C48H61Cl2N7O4. The maximum Gasteiger partial charge on any atom is 0.255 e. The van der Waals surface area contributed by atoms with Crippen LogP contribution in [0.5, 0.6) is 11.5 Å². The zero-order valence-electron chi connectivity index (χ0n) is 35.6. The number of aromatic nitrogens is 2. The molecule has 0 spiro atoms. The van der Waals surface area contributed by atoms with Crippen molar-refractivity contribution >= 4 is 53.8 Å². The van der Waals surface area contributed by atoms with Crippen molar-refractivity contribution in [1.29, 1.82) is 0 Å². The maximum atomic E-state index is 13.3. The third-order valence-corrected chi connectivity index (χ3v) is 11.1. The summed E-state index contributed by atoms with van der Waals surface area (Å²) in [7, 11) is 5.76. The van der Waals surface area contributed by atoms with Gasteiger partial charge in [0, 0.05) is 75.0 Å². The molecular weight excluding hydrogens is 809 g/mol. The molecule has 1 aliphatic heterocycles. The second kappa shape index (κ2) is 24.9. The van der Waals surface area contributed by atoms with E-state index >= 15 is 0 Å². The van der Waals surface area contributed by atoms with Gasteiger partial charge >= 0.3 is 0 Å². The zero-order valence-corrected chi connectivity index (χ0v) is 37.3. The van der Waals surface area contributed by atoms with Gasteiger partial charge in [-0.2, -0.15) is 0 Å². The average molecular weight is 871 g/mol. The van der Waals surface area contributed by atoms with Gasteiger partial charge in [0.2, 0.25) is 5.91 Å². The van der Waals surface area contributed by atoms with Crippen LogP contribution < -0.4 is 19.9 Å². The van der Waals surface area contributed by atoms with Crippen LogP contribution in [0.2, 0.25) is 0 Å². The number of aromatic hydroxyl groups is 1. The number of carbonyl (C=O) groups excluding carboxylic acids is 2. The summed E-state index contributed by atoms with van der Waals surface area (Å²) in [5, 5.41) is 13.0. The lowest BCUT2D eigenvalue weighted by Gasteiger charge is -2.37. The minimum atomic E-state index is -0.189. The average Bonchev–Trinajstić information content (AvgIpc) is 3.28. The number of hydrogen-bond acceptors (Lipinski definition) is 9. The normalized spacial score (nSPS) is 14.1. The Morgan fingerprint density at radius 2 is 1.49 bits per heavy atom. The number of nitrogens with zero attached hydrogens (tertiary/aromatic N) is 6. The highest BCUT2D eigenvalue weighted by Gasteiger charge is 2.28. The Morgan fingerprint density at radius 1 is 0.803 bits per heavy atom. The summed E-state index contributed by atoms with van der Waals surface area (Å²) in [4.78, 5) is 43.3. The topological polar surface area (TPSA) is 114 Å². The third kappa shape index (κ3) is 14.2.